The fourth-order valence-electron chi connectivity index (χ4n) is 1.97. The number of aliphatic hydroxyl groups is 6. The van der Waals surface area contributed by atoms with Crippen LogP contribution in [-0.4, -0.2) is 87.3 Å². The third-order valence-electron chi connectivity index (χ3n) is 3.42. The van der Waals surface area contributed by atoms with Crippen molar-refractivity contribution in [2.45, 2.75) is 36.8 Å². The summed E-state index contributed by atoms with van der Waals surface area (Å²) in [6.07, 6.45) is 1.71. The summed E-state index contributed by atoms with van der Waals surface area (Å²) in [5, 5.41) is 55.8. The predicted octanol–water partition coefficient (Wildman–Crippen LogP) is -2.17. The molecule has 0 aliphatic carbocycles. The minimum absolute atomic E-state index is 0.0304. The van der Waals surface area contributed by atoms with Gasteiger partial charge in [-0.15, -0.1) is 0 Å². The molecule has 6 N–H and O–H groups in total. The Morgan fingerprint density at radius 1 is 0.963 bits per heavy atom. The molecule has 1 rings (SSSR count). The van der Waals surface area contributed by atoms with Crippen LogP contribution in [-0.2, 0) is 9.47 Å². The quantitative estimate of drug-likeness (QED) is 0.217. The molecule has 0 spiro atoms. The molecule has 148 valence electrons. The highest BCUT2D eigenvalue weighted by Gasteiger charge is 2.43. The molecule has 6 atom stereocenters. The molecule has 0 bridgehead atoms. The van der Waals surface area contributed by atoms with E-state index in [0.717, 1.165) is 0 Å². The average molecular weight is 380 g/mol. The van der Waals surface area contributed by atoms with E-state index in [1.54, 1.807) is 18.2 Å². The van der Waals surface area contributed by atoms with Gasteiger partial charge in [-0.25, -0.2) is 0 Å². The number of hydrogen-bond acceptors (Lipinski definition) is 8. The van der Waals surface area contributed by atoms with Gasteiger partial charge in [0, 0.05) is 0 Å². The summed E-state index contributed by atoms with van der Waals surface area (Å²) in [4.78, 5) is 0. The molecule has 0 amide bonds. The van der Waals surface area contributed by atoms with Gasteiger partial charge in [0.05, 0.1) is 25.9 Å². The molecule has 0 aromatic rings. The van der Waals surface area contributed by atoms with Gasteiger partial charge in [0.1, 0.15) is 24.4 Å². The SMILES string of the molecule is OCC(O)C=CC=CC#CC#CC=CCOC1OC(CO)C(O)C(O)C1O. The molecule has 0 saturated carbocycles. The Hall–Kier alpha value is -1.98. The topological polar surface area (TPSA) is 140 Å². The average Bonchev–Trinajstić information content (AvgIpc) is 2.68. The lowest BCUT2D eigenvalue weighted by Gasteiger charge is -2.39. The molecule has 27 heavy (non-hydrogen) atoms. The number of rotatable bonds is 7. The molecular weight excluding hydrogens is 356 g/mol. The van der Waals surface area contributed by atoms with E-state index in [1.807, 2.05) is 0 Å². The van der Waals surface area contributed by atoms with Crippen LogP contribution in [0.4, 0.5) is 0 Å². The summed E-state index contributed by atoms with van der Waals surface area (Å²) < 4.78 is 10.4. The van der Waals surface area contributed by atoms with E-state index in [-0.39, 0.29) is 13.2 Å². The Morgan fingerprint density at radius 2 is 1.67 bits per heavy atom. The Morgan fingerprint density at radius 3 is 2.33 bits per heavy atom. The lowest BCUT2D eigenvalue weighted by Crippen LogP contribution is -2.59. The molecule has 1 aliphatic heterocycles. The van der Waals surface area contributed by atoms with Crippen molar-refractivity contribution >= 4 is 0 Å². The summed E-state index contributed by atoms with van der Waals surface area (Å²) in [5.41, 5.74) is 0. The first kappa shape index (κ1) is 23.1. The van der Waals surface area contributed by atoms with Crippen LogP contribution in [0.2, 0.25) is 0 Å². The van der Waals surface area contributed by atoms with Gasteiger partial charge in [0.25, 0.3) is 0 Å². The summed E-state index contributed by atoms with van der Waals surface area (Å²) in [6, 6.07) is 0. The van der Waals surface area contributed by atoms with E-state index in [0.29, 0.717) is 0 Å². The largest absolute Gasteiger partial charge is 0.394 e. The van der Waals surface area contributed by atoms with Crippen LogP contribution in [0.1, 0.15) is 0 Å². The molecule has 6 unspecified atom stereocenters. The maximum Gasteiger partial charge on any atom is 0.187 e. The van der Waals surface area contributed by atoms with Gasteiger partial charge < -0.3 is 40.1 Å². The summed E-state index contributed by atoms with van der Waals surface area (Å²) >= 11 is 0. The highest BCUT2D eigenvalue weighted by Crippen LogP contribution is 2.21. The summed E-state index contributed by atoms with van der Waals surface area (Å²) in [6.45, 7) is -0.826. The first-order chi connectivity index (χ1) is 13.0. The molecule has 0 aromatic carbocycles. The van der Waals surface area contributed by atoms with Crippen LogP contribution in [0.5, 0.6) is 0 Å². The maximum atomic E-state index is 9.78. The smallest absolute Gasteiger partial charge is 0.187 e. The lowest BCUT2D eigenvalue weighted by atomic mass is 9.99. The first-order valence-corrected chi connectivity index (χ1v) is 8.21. The van der Waals surface area contributed by atoms with Gasteiger partial charge in [-0.05, 0) is 24.0 Å². The number of hydrogen-bond donors (Lipinski definition) is 6. The fraction of sp³-hybridized carbons (Fsp3) is 0.474. The fourth-order valence-corrected chi connectivity index (χ4v) is 1.97. The Kier molecular flexibility index (Phi) is 11.3. The van der Waals surface area contributed by atoms with Gasteiger partial charge in [0.15, 0.2) is 6.29 Å². The normalized spacial score (nSPS) is 29.5. The van der Waals surface area contributed by atoms with Crippen molar-refractivity contribution in [3.63, 3.8) is 0 Å². The van der Waals surface area contributed by atoms with Crippen molar-refractivity contribution in [3.8, 4) is 23.7 Å². The third-order valence-corrected chi connectivity index (χ3v) is 3.42. The number of aliphatic hydroxyl groups excluding tert-OH is 6. The number of allylic oxidation sites excluding steroid dienone is 4. The van der Waals surface area contributed by atoms with E-state index < -0.39 is 43.4 Å². The van der Waals surface area contributed by atoms with Gasteiger partial charge in [-0.2, -0.15) is 0 Å². The zero-order chi connectivity index (χ0) is 20.1. The van der Waals surface area contributed by atoms with Crippen molar-refractivity contribution < 1.29 is 40.1 Å². The minimum atomic E-state index is -1.48. The van der Waals surface area contributed by atoms with Gasteiger partial charge >= 0.3 is 0 Å². The number of ether oxygens (including phenoxy) is 2. The zero-order valence-corrected chi connectivity index (χ0v) is 14.5. The van der Waals surface area contributed by atoms with Crippen molar-refractivity contribution in [3.05, 3.63) is 36.5 Å². The molecule has 0 aromatic heterocycles. The second-order valence-corrected chi connectivity index (χ2v) is 5.47. The molecule has 1 aliphatic rings. The standard InChI is InChI=1S/C19H24O8/c20-12-14(22)10-8-6-4-2-1-3-5-7-9-11-26-19-18(25)17(24)16(23)15(13-21)27-19/h4,6-10,14-25H,11-13H2. The highest BCUT2D eigenvalue weighted by atomic mass is 16.7. The van der Waals surface area contributed by atoms with E-state index >= 15 is 0 Å². The Balaban J connectivity index is 2.34. The van der Waals surface area contributed by atoms with Gasteiger partial charge in [-0.1, -0.05) is 36.1 Å². The van der Waals surface area contributed by atoms with Crippen LogP contribution in [0.25, 0.3) is 0 Å². The third kappa shape index (κ3) is 8.50. The van der Waals surface area contributed by atoms with Crippen molar-refractivity contribution in [1.29, 1.82) is 0 Å². The lowest BCUT2D eigenvalue weighted by molar-refractivity contribution is -0.298. The molecule has 8 nitrogen and oxygen atoms in total. The zero-order valence-electron chi connectivity index (χ0n) is 14.5. The van der Waals surface area contributed by atoms with E-state index in [9.17, 15) is 15.3 Å². The maximum absolute atomic E-state index is 9.78. The Bertz CT molecular complexity index is 632. The highest BCUT2D eigenvalue weighted by molar-refractivity contribution is 5.34. The summed E-state index contributed by atoms with van der Waals surface area (Å²) in [7, 11) is 0. The Labute approximate surface area is 157 Å². The van der Waals surface area contributed by atoms with Crippen LogP contribution < -0.4 is 0 Å². The molecule has 1 saturated heterocycles. The van der Waals surface area contributed by atoms with Crippen LogP contribution in [0.15, 0.2) is 36.5 Å². The van der Waals surface area contributed by atoms with Crippen LogP contribution >= 0.6 is 0 Å². The van der Waals surface area contributed by atoms with Gasteiger partial charge in [-0.3, -0.25) is 0 Å². The van der Waals surface area contributed by atoms with Crippen molar-refractivity contribution in [2.75, 3.05) is 19.8 Å². The molecule has 1 fully saturated rings. The van der Waals surface area contributed by atoms with E-state index in [4.69, 9.17) is 24.8 Å². The second kappa shape index (κ2) is 13.2. The summed E-state index contributed by atoms with van der Waals surface area (Å²) in [5.74, 6) is 10.4. The van der Waals surface area contributed by atoms with Gasteiger partial charge in [0.2, 0.25) is 0 Å². The molecule has 1 heterocycles. The van der Waals surface area contributed by atoms with Crippen LogP contribution in [0, 0.1) is 23.7 Å². The van der Waals surface area contributed by atoms with Crippen LogP contribution in [0.3, 0.4) is 0 Å². The minimum Gasteiger partial charge on any atom is -0.394 e. The monoisotopic (exact) mass is 380 g/mol. The molecule has 8 heteroatoms. The van der Waals surface area contributed by atoms with Crippen molar-refractivity contribution in [1.82, 2.24) is 0 Å². The van der Waals surface area contributed by atoms with E-state index in [2.05, 4.69) is 23.7 Å². The second-order valence-electron chi connectivity index (χ2n) is 5.47. The molecular formula is C19H24O8. The van der Waals surface area contributed by atoms with E-state index in [1.165, 1.54) is 18.2 Å². The predicted molar refractivity (Wildman–Crippen MR) is 95.8 cm³/mol. The first-order valence-electron chi connectivity index (χ1n) is 8.21. The van der Waals surface area contributed by atoms with Crippen molar-refractivity contribution in [2.24, 2.45) is 0 Å². The molecule has 0 radical (unpaired) electrons.